The number of esters is 1. The molecule has 1 aliphatic carbocycles. The molecule has 0 heterocycles. The van der Waals surface area contributed by atoms with Gasteiger partial charge in [0.1, 0.15) is 6.10 Å². The van der Waals surface area contributed by atoms with Crippen molar-refractivity contribution in [3.8, 4) is 0 Å². The number of carbonyl (C=O) groups is 1. The number of hydrogen-bond donors (Lipinski definition) is 0. The average Bonchev–Trinajstić information content (AvgIpc) is 2.15. The molecule has 0 aromatic rings. The zero-order valence-electron chi connectivity index (χ0n) is 10.4. The van der Waals surface area contributed by atoms with Crippen LogP contribution >= 0.6 is 0 Å². The average molecular weight is 251 g/mol. The first-order chi connectivity index (χ1) is 7.71. The minimum atomic E-state index is -4.89. The van der Waals surface area contributed by atoms with E-state index in [0.717, 1.165) is 12.8 Å². The lowest BCUT2D eigenvalue weighted by Gasteiger charge is -2.36. The monoisotopic (exact) mass is 251 g/mol. The number of carbonyl (C=O) groups excluding carboxylic acids is 1. The third-order valence-electron chi connectivity index (χ3n) is 3.45. The number of rotatable bonds is 2. The van der Waals surface area contributed by atoms with Gasteiger partial charge < -0.3 is 4.74 Å². The first-order valence-corrected chi connectivity index (χ1v) is 5.99. The van der Waals surface area contributed by atoms with Gasteiger partial charge in [-0.2, -0.15) is 13.2 Å². The van der Waals surface area contributed by atoms with E-state index in [1.54, 1.807) is 0 Å². The summed E-state index contributed by atoms with van der Waals surface area (Å²) in [6.45, 7) is 5.88. The number of alkyl halides is 3. The molecule has 100 valence electrons. The summed E-state index contributed by atoms with van der Waals surface area (Å²) < 4.78 is 41.1. The molecule has 0 unspecified atom stereocenters. The maximum absolute atomic E-state index is 12.2. The van der Waals surface area contributed by atoms with Crippen LogP contribution in [-0.4, -0.2) is 18.2 Å². The van der Waals surface area contributed by atoms with Gasteiger partial charge in [-0.05, 0) is 30.6 Å². The molecule has 1 rings (SSSR count). The molecular formula is C12H19F3O2. The molecule has 1 aliphatic rings. The minimum Gasteiger partial charge on any atom is -0.455 e. The maximum atomic E-state index is 12.2. The Morgan fingerprint density at radius 3 is 2.35 bits per heavy atom. The summed E-state index contributed by atoms with van der Waals surface area (Å²) in [5.74, 6) is -1.47. The topological polar surface area (TPSA) is 26.3 Å². The molecule has 0 aromatic heterocycles. The molecule has 2 nitrogen and oxygen atoms in total. The second-order valence-electron chi connectivity index (χ2n) is 5.27. The Bertz CT molecular complexity index is 273. The second kappa shape index (κ2) is 5.27. The maximum Gasteiger partial charge on any atom is 0.490 e. The van der Waals surface area contributed by atoms with E-state index in [9.17, 15) is 18.0 Å². The first-order valence-electron chi connectivity index (χ1n) is 5.99. The van der Waals surface area contributed by atoms with Crippen molar-refractivity contribution in [3.05, 3.63) is 0 Å². The van der Waals surface area contributed by atoms with Crippen LogP contribution in [0.5, 0.6) is 0 Å². The molecule has 0 bridgehead atoms. The van der Waals surface area contributed by atoms with Crippen molar-refractivity contribution < 1.29 is 22.7 Å². The van der Waals surface area contributed by atoms with Crippen LogP contribution in [0.1, 0.15) is 40.0 Å². The van der Waals surface area contributed by atoms with E-state index in [4.69, 9.17) is 0 Å². The Morgan fingerprint density at radius 1 is 1.29 bits per heavy atom. The second-order valence-corrected chi connectivity index (χ2v) is 5.27. The summed E-state index contributed by atoms with van der Waals surface area (Å²) in [6, 6.07) is 0. The van der Waals surface area contributed by atoms with Crippen LogP contribution < -0.4 is 0 Å². The minimum absolute atomic E-state index is 0.0394. The van der Waals surface area contributed by atoms with Crippen LogP contribution in [0.3, 0.4) is 0 Å². The summed E-state index contributed by atoms with van der Waals surface area (Å²) >= 11 is 0. The Kier molecular flexibility index (Phi) is 4.44. The highest BCUT2D eigenvalue weighted by atomic mass is 19.3. The van der Waals surface area contributed by atoms with E-state index in [1.807, 2.05) is 20.8 Å². The van der Waals surface area contributed by atoms with E-state index in [-0.39, 0.29) is 11.8 Å². The molecular weight excluding hydrogens is 232 g/mol. The number of ether oxygens (including phenoxy) is 1. The zero-order valence-corrected chi connectivity index (χ0v) is 10.4. The molecule has 1 saturated carbocycles. The van der Waals surface area contributed by atoms with Crippen molar-refractivity contribution in [2.75, 3.05) is 0 Å². The van der Waals surface area contributed by atoms with Gasteiger partial charge in [-0.1, -0.05) is 27.2 Å². The van der Waals surface area contributed by atoms with Crippen molar-refractivity contribution in [1.29, 1.82) is 0 Å². The highest BCUT2D eigenvalue weighted by Crippen LogP contribution is 2.36. The fourth-order valence-electron chi connectivity index (χ4n) is 2.45. The molecule has 3 atom stereocenters. The summed E-state index contributed by atoms with van der Waals surface area (Å²) in [5, 5.41) is 0. The van der Waals surface area contributed by atoms with E-state index < -0.39 is 18.2 Å². The number of halogens is 3. The Morgan fingerprint density at radius 2 is 1.88 bits per heavy atom. The molecule has 17 heavy (non-hydrogen) atoms. The van der Waals surface area contributed by atoms with Gasteiger partial charge >= 0.3 is 12.1 Å². The van der Waals surface area contributed by atoms with Crippen molar-refractivity contribution in [1.82, 2.24) is 0 Å². The van der Waals surface area contributed by atoms with Crippen molar-refractivity contribution in [2.45, 2.75) is 52.3 Å². The third kappa shape index (κ3) is 3.89. The standard InChI is InChI=1S/C12H19F3O2/c1-7(2)9-5-4-8(3)6-10(9)17-11(16)12(13,14)15/h7-10H,4-6H2,1-3H3/t8-,9+,10-/m1/s1/i13-1. The Hall–Kier alpha value is -0.740. The molecule has 0 amide bonds. The lowest BCUT2D eigenvalue weighted by molar-refractivity contribution is -0.210. The summed E-state index contributed by atoms with van der Waals surface area (Å²) in [7, 11) is 0. The van der Waals surface area contributed by atoms with Crippen LogP contribution in [-0.2, 0) is 9.53 Å². The first kappa shape index (κ1) is 14.3. The quantitative estimate of drug-likeness (QED) is 0.701. The predicted octanol–water partition coefficient (Wildman–Crippen LogP) is 3.55. The van der Waals surface area contributed by atoms with Crippen LogP contribution in [0.2, 0.25) is 0 Å². The third-order valence-corrected chi connectivity index (χ3v) is 3.45. The summed E-state index contributed by atoms with van der Waals surface area (Å²) in [5.41, 5.74) is 0. The molecule has 0 aromatic carbocycles. The highest BCUT2D eigenvalue weighted by Gasteiger charge is 2.44. The van der Waals surface area contributed by atoms with Gasteiger partial charge in [0.25, 0.3) is 0 Å². The summed E-state index contributed by atoms with van der Waals surface area (Å²) in [6.07, 6.45) is -3.13. The van der Waals surface area contributed by atoms with Crippen LogP contribution in [0, 0.1) is 17.8 Å². The highest BCUT2D eigenvalue weighted by molar-refractivity contribution is 5.75. The van der Waals surface area contributed by atoms with E-state index in [0.29, 0.717) is 12.3 Å². The van der Waals surface area contributed by atoms with E-state index >= 15 is 0 Å². The van der Waals surface area contributed by atoms with Gasteiger partial charge in [0.2, 0.25) is 0 Å². The lowest BCUT2D eigenvalue weighted by atomic mass is 9.75. The normalized spacial score (nSPS) is 30.4. The van der Waals surface area contributed by atoms with Crippen LogP contribution in [0.25, 0.3) is 0 Å². The van der Waals surface area contributed by atoms with Crippen LogP contribution in [0.15, 0.2) is 0 Å². The van der Waals surface area contributed by atoms with Crippen molar-refractivity contribution in [2.24, 2.45) is 17.8 Å². The number of hydrogen-bond acceptors (Lipinski definition) is 2. The van der Waals surface area contributed by atoms with Gasteiger partial charge in [0, 0.05) is 0 Å². The van der Waals surface area contributed by atoms with Crippen molar-refractivity contribution >= 4 is 5.97 Å². The van der Waals surface area contributed by atoms with Crippen LogP contribution in [0.4, 0.5) is 13.2 Å². The predicted molar refractivity (Wildman–Crippen MR) is 57.3 cm³/mol. The SMILES string of the molecule is CC(C)[C@@H]1CC[C@@H](C)C[C@H]1OC(=O)C(F)(F)[18F]. The van der Waals surface area contributed by atoms with Gasteiger partial charge in [0.15, 0.2) is 0 Å². The molecule has 0 N–H and O–H groups in total. The van der Waals surface area contributed by atoms with Crippen molar-refractivity contribution in [3.63, 3.8) is 0 Å². The lowest BCUT2D eigenvalue weighted by Crippen LogP contribution is -2.39. The Balaban J connectivity index is 2.67. The molecule has 0 spiro atoms. The molecule has 0 aliphatic heterocycles. The fourth-order valence-corrected chi connectivity index (χ4v) is 2.45. The molecule has 0 radical (unpaired) electrons. The molecule has 1 fully saturated rings. The van der Waals surface area contributed by atoms with E-state index in [1.165, 1.54) is 0 Å². The van der Waals surface area contributed by atoms with Gasteiger partial charge in [-0.15, -0.1) is 0 Å². The van der Waals surface area contributed by atoms with Gasteiger partial charge in [0.05, 0.1) is 0 Å². The molecule has 5 heteroatoms. The fraction of sp³-hybridized carbons (Fsp3) is 0.917. The smallest absolute Gasteiger partial charge is 0.455 e. The molecule has 0 saturated heterocycles. The Labute approximate surface area is 99.5 Å². The van der Waals surface area contributed by atoms with E-state index in [2.05, 4.69) is 4.74 Å². The largest absolute Gasteiger partial charge is 0.490 e. The zero-order chi connectivity index (χ0) is 13.2. The summed E-state index contributed by atoms with van der Waals surface area (Å²) in [4.78, 5) is 10.9. The van der Waals surface area contributed by atoms with Gasteiger partial charge in [-0.25, -0.2) is 4.79 Å². The van der Waals surface area contributed by atoms with Gasteiger partial charge in [-0.3, -0.25) is 0 Å².